The third-order valence-electron chi connectivity index (χ3n) is 1.05. The van der Waals surface area contributed by atoms with Crippen molar-refractivity contribution in [2.24, 2.45) is 5.73 Å². The highest BCUT2D eigenvalue weighted by Gasteiger charge is 2.08. The molecule has 1 heterocycles. The molecule has 0 aromatic carbocycles. The molecule has 6 heteroatoms. The van der Waals surface area contributed by atoms with Crippen LogP contribution in [-0.2, 0) is 0 Å². The Hall–Kier alpha value is -0.620. The van der Waals surface area contributed by atoms with Crippen LogP contribution in [0.2, 0.25) is 0 Å². The fraction of sp³-hybridized carbons (Fsp3) is 0.500. The van der Waals surface area contributed by atoms with E-state index in [1.165, 1.54) is 11.3 Å². The zero-order valence-corrected chi connectivity index (χ0v) is 8.24. The quantitative estimate of drug-likeness (QED) is 0.745. The lowest BCUT2D eigenvalue weighted by atomic mass is 10.6. The normalized spacial score (nSPS) is 10.1. The summed E-state index contributed by atoms with van der Waals surface area (Å²) in [7, 11) is 0. The minimum absolute atomic E-state index is 0.286. The second kappa shape index (κ2) is 4.42. The van der Waals surface area contributed by atoms with E-state index in [1.807, 2.05) is 0 Å². The van der Waals surface area contributed by atoms with Gasteiger partial charge in [-0.25, -0.2) is 0 Å². The molecular formula is C6H9N3OS2. The van der Waals surface area contributed by atoms with E-state index in [1.54, 1.807) is 11.8 Å². The highest BCUT2D eigenvalue weighted by Crippen LogP contribution is 2.22. The fourth-order valence-electron chi connectivity index (χ4n) is 0.557. The van der Waals surface area contributed by atoms with E-state index >= 15 is 0 Å². The van der Waals surface area contributed by atoms with Crippen molar-refractivity contribution >= 4 is 29.0 Å². The second-order valence-corrected chi connectivity index (χ2v) is 4.41. The average molecular weight is 203 g/mol. The number of carbonyl (C=O) groups is 1. The van der Waals surface area contributed by atoms with Crippen LogP contribution in [0.5, 0.6) is 0 Å². The molecule has 0 unspecified atom stereocenters. The number of amides is 1. The van der Waals surface area contributed by atoms with E-state index in [-0.39, 0.29) is 5.01 Å². The van der Waals surface area contributed by atoms with Crippen molar-refractivity contribution in [3.63, 3.8) is 0 Å². The molecule has 12 heavy (non-hydrogen) atoms. The summed E-state index contributed by atoms with van der Waals surface area (Å²) < 4.78 is 0.811. The number of hydrogen-bond acceptors (Lipinski definition) is 5. The predicted octanol–water partition coefficient (Wildman–Crippen LogP) is 1.14. The van der Waals surface area contributed by atoms with Crippen LogP contribution >= 0.6 is 23.1 Å². The van der Waals surface area contributed by atoms with E-state index < -0.39 is 5.91 Å². The number of rotatable bonds is 4. The van der Waals surface area contributed by atoms with Gasteiger partial charge in [0, 0.05) is 5.75 Å². The number of carbonyl (C=O) groups excluding carboxylic acids is 1. The lowest BCUT2D eigenvalue weighted by Gasteiger charge is -1.88. The van der Waals surface area contributed by atoms with Crippen LogP contribution < -0.4 is 5.73 Å². The minimum atomic E-state index is -0.504. The fourth-order valence-corrected chi connectivity index (χ4v) is 2.19. The van der Waals surface area contributed by atoms with Gasteiger partial charge in [-0.1, -0.05) is 30.0 Å². The van der Waals surface area contributed by atoms with Crippen molar-refractivity contribution in [2.45, 2.75) is 17.7 Å². The number of hydrogen-bond donors (Lipinski definition) is 1. The highest BCUT2D eigenvalue weighted by atomic mass is 32.2. The summed E-state index contributed by atoms with van der Waals surface area (Å²) in [5.41, 5.74) is 5.02. The average Bonchev–Trinajstić information content (AvgIpc) is 2.48. The van der Waals surface area contributed by atoms with Gasteiger partial charge in [-0.15, -0.1) is 10.2 Å². The van der Waals surface area contributed by atoms with Crippen molar-refractivity contribution in [3.05, 3.63) is 5.01 Å². The molecule has 0 radical (unpaired) electrons. The Morgan fingerprint density at radius 3 is 2.92 bits per heavy atom. The molecule has 0 bridgehead atoms. The molecule has 1 aromatic heterocycles. The number of nitrogens with two attached hydrogens (primary N) is 1. The van der Waals surface area contributed by atoms with Crippen molar-refractivity contribution in [1.29, 1.82) is 0 Å². The van der Waals surface area contributed by atoms with E-state index in [0.29, 0.717) is 0 Å². The Bertz CT molecular complexity index is 274. The van der Waals surface area contributed by atoms with Crippen LogP contribution in [-0.4, -0.2) is 21.9 Å². The Labute approximate surface area is 78.6 Å². The third-order valence-corrected chi connectivity index (χ3v) is 3.32. The summed E-state index contributed by atoms with van der Waals surface area (Å²) in [4.78, 5) is 10.6. The Balaban J connectivity index is 2.58. The molecule has 0 saturated heterocycles. The van der Waals surface area contributed by atoms with Crippen LogP contribution in [0.3, 0.4) is 0 Å². The van der Waals surface area contributed by atoms with Gasteiger partial charge in [0.2, 0.25) is 5.01 Å². The van der Waals surface area contributed by atoms with Crippen LogP contribution in [0.4, 0.5) is 0 Å². The van der Waals surface area contributed by atoms with Gasteiger partial charge < -0.3 is 5.73 Å². The second-order valence-electron chi connectivity index (χ2n) is 2.09. The van der Waals surface area contributed by atoms with Crippen LogP contribution in [0.1, 0.15) is 23.1 Å². The summed E-state index contributed by atoms with van der Waals surface area (Å²) in [6.07, 6.45) is 1.08. The first-order valence-corrected chi connectivity index (χ1v) is 5.30. The maximum atomic E-state index is 10.6. The topological polar surface area (TPSA) is 68.9 Å². The molecule has 4 nitrogen and oxygen atoms in total. The molecule has 0 fully saturated rings. The molecule has 0 aliphatic heterocycles. The van der Waals surface area contributed by atoms with Crippen molar-refractivity contribution < 1.29 is 4.79 Å². The molecule has 1 rings (SSSR count). The molecule has 0 atom stereocenters. The maximum Gasteiger partial charge on any atom is 0.279 e. The zero-order valence-electron chi connectivity index (χ0n) is 6.61. The van der Waals surface area contributed by atoms with E-state index in [4.69, 9.17) is 5.73 Å². The van der Waals surface area contributed by atoms with Gasteiger partial charge in [0.25, 0.3) is 5.91 Å². The third kappa shape index (κ3) is 2.46. The van der Waals surface area contributed by atoms with Crippen molar-refractivity contribution in [2.75, 3.05) is 5.75 Å². The summed E-state index contributed by atoms with van der Waals surface area (Å²) in [5, 5.41) is 7.73. The zero-order chi connectivity index (χ0) is 8.97. The Kier molecular flexibility index (Phi) is 3.48. The monoisotopic (exact) mass is 203 g/mol. The summed E-state index contributed by atoms with van der Waals surface area (Å²) in [5.74, 6) is 0.490. The van der Waals surface area contributed by atoms with Gasteiger partial charge in [-0.2, -0.15) is 0 Å². The van der Waals surface area contributed by atoms with E-state index in [9.17, 15) is 4.79 Å². The number of nitrogens with zero attached hydrogens (tertiary/aromatic N) is 2. The summed E-state index contributed by atoms with van der Waals surface area (Å²) in [6, 6.07) is 0. The first kappa shape index (κ1) is 9.47. The minimum Gasteiger partial charge on any atom is -0.363 e. The van der Waals surface area contributed by atoms with Gasteiger partial charge >= 0.3 is 0 Å². The van der Waals surface area contributed by atoms with Crippen molar-refractivity contribution in [3.8, 4) is 0 Å². The molecule has 1 aromatic rings. The smallest absolute Gasteiger partial charge is 0.279 e. The molecule has 1 amide bonds. The molecule has 2 N–H and O–H groups in total. The lowest BCUT2D eigenvalue weighted by Crippen LogP contribution is -2.10. The predicted molar refractivity (Wildman–Crippen MR) is 49.4 cm³/mol. The number of aromatic nitrogens is 2. The summed E-state index contributed by atoms with van der Waals surface area (Å²) in [6.45, 7) is 2.09. The standard InChI is InChI=1S/C6H9N3OS2/c1-2-3-11-6-9-8-5(12-6)4(7)10/h2-3H2,1H3,(H2,7,10). The van der Waals surface area contributed by atoms with E-state index in [2.05, 4.69) is 17.1 Å². The van der Waals surface area contributed by atoms with E-state index in [0.717, 1.165) is 16.5 Å². The molecule has 0 aliphatic rings. The first-order chi connectivity index (χ1) is 5.74. The number of primary amides is 1. The first-order valence-electron chi connectivity index (χ1n) is 3.50. The Morgan fingerprint density at radius 1 is 1.67 bits per heavy atom. The van der Waals surface area contributed by atoms with Crippen LogP contribution in [0.15, 0.2) is 4.34 Å². The largest absolute Gasteiger partial charge is 0.363 e. The molecule has 66 valence electrons. The summed E-state index contributed by atoms with van der Waals surface area (Å²) >= 11 is 2.84. The number of thioether (sulfide) groups is 1. The van der Waals surface area contributed by atoms with Crippen LogP contribution in [0.25, 0.3) is 0 Å². The lowest BCUT2D eigenvalue weighted by molar-refractivity contribution is 0.0999. The SMILES string of the molecule is CCCSc1nnc(C(N)=O)s1. The molecule has 0 spiro atoms. The molecular weight excluding hydrogens is 194 g/mol. The highest BCUT2D eigenvalue weighted by molar-refractivity contribution is 8.01. The van der Waals surface area contributed by atoms with Crippen LogP contribution in [0, 0.1) is 0 Å². The Morgan fingerprint density at radius 2 is 2.42 bits per heavy atom. The van der Waals surface area contributed by atoms with Gasteiger partial charge in [-0.3, -0.25) is 4.79 Å². The van der Waals surface area contributed by atoms with Crippen molar-refractivity contribution in [1.82, 2.24) is 10.2 Å². The molecule has 0 aliphatic carbocycles. The van der Waals surface area contributed by atoms with Gasteiger partial charge in [-0.05, 0) is 6.42 Å². The van der Waals surface area contributed by atoms with Gasteiger partial charge in [0.1, 0.15) is 0 Å². The van der Waals surface area contributed by atoms with Gasteiger partial charge in [0.15, 0.2) is 4.34 Å². The maximum absolute atomic E-state index is 10.6. The molecule has 0 saturated carbocycles. The van der Waals surface area contributed by atoms with Gasteiger partial charge in [0.05, 0.1) is 0 Å².